The topological polar surface area (TPSA) is 116 Å². The van der Waals surface area contributed by atoms with Crippen LogP contribution in [-0.4, -0.2) is 48.1 Å². The molecule has 5 rings (SSSR count). The Morgan fingerprint density at radius 3 is 2.52 bits per heavy atom. The molecule has 1 saturated carbocycles. The number of carboxylic acid groups (broad SMARTS) is 1. The smallest absolute Gasteiger partial charge is 0.417 e. The Hall–Kier alpha value is -3.74. The number of sulfone groups is 1. The van der Waals surface area contributed by atoms with Gasteiger partial charge in [-0.15, -0.1) is 0 Å². The van der Waals surface area contributed by atoms with Gasteiger partial charge < -0.3 is 14.6 Å². The summed E-state index contributed by atoms with van der Waals surface area (Å²) in [5.74, 6) is -2.20. The predicted octanol–water partition coefficient (Wildman–Crippen LogP) is 4.66. The molecular formula is C27H24F4N2O6S. The average molecular weight is 581 g/mol. The second kappa shape index (κ2) is 10.3. The monoisotopic (exact) mass is 580 g/mol. The van der Waals surface area contributed by atoms with Crippen molar-refractivity contribution in [1.29, 1.82) is 0 Å². The number of halogens is 4. The number of nitrogens with zero attached hydrogens (tertiary/aromatic N) is 2. The van der Waals surface area contributed by atoms with Gasteiger partial charge in [0.25, 0.3) is 0 Å². The van der Waals surface area contributed by atoms with Gasteiger partial charge in [-0.25, -0.2) is 22.8 Å². The molecule has 0 unspecified atom stereocenters. The summed E-state index contributed by atoms with van der Waals surface area (Å²) in [6.45, 7) is -0.431. The predicted molar refractivity (Wildman–Crippen MR) is 134 cm³/mol. The summed E-state index contributed by atoms with van der Waals surface area (Å²) < 4.78 is 89.6. The number of rotatable bonds is 10. The van der Waals surface area contributed by atoms with Crippen LogP contribution in [0, 0.1) is 17.7 Å². The van der Waals surface area contributed by atoms with Crippen LogP contribution in [0.2, 0.25) is 0 Å². The lowest BCUT2D eigenvalue weighted by Gasteiger charge is -2.16. The number of aliphatic carboxylic acids is 1. The Labute approximate surface area is 226 Å². The maximum Gasteiger partial charge on any atom is 0.417 e. The van der Waals surface area contributed by atoms with Crippen molar-refractivity contribution in [2.45, 2.75) is 31.5 Å². The molecule has 2 aromatic heterocycles. The van der Waals surface area contributed by atoms with Crippen molar-refractivity contribution < 1.29 is 45.4 Å². The first kappa shape index (κ1) is 27.8. The van der Waals surface area contributed by atoms with Crippen LogP contribution < -0.4 is 9.47 Å². The quantitative estimate of drug-likeness (QED) is 0.272. The molecule has 3 atom stereocenters. The fraction of sp³-hybridized carbons (Fsp3) is 0.370. The number of alkyl halides is 3. The molecule has 2 aliphatic carbocycles. The van der Waals surface area contributed by atoms with Crippen molar-refractivity contribution in [3.63, 3.8) is 0 Å². The molecule has 1 fully saturated rings. The molecule has 13 heteroatoms. The summed E-state index contributed by atoms with van der Waals surface area (Å²) in [7, 11) is -3.24. The third-order valence-electron chi connectivity index (χ3n) is 7.09. The molecule has 0 amide bonds. The number of aromatic nitrogens is 2. The van der Waals surface area contributed by atoms with E-state index in [-0.39, 0.29) is 65.7 Å². The van der Waals surface area contributed by atoms with Gasteiger partial charge in [-0.05, 0) is 47.6 Å². The minimum Gasteiger partial charge on any atom is -0.481 e. The lowest BCUT2D eigenvalue weighted by Crippen LogP contribution is -2.11. The SMILES string of the molecule is CS(=O)(=O)CCCOc1cc(C(F)(F)F)c(-c2ccc(F)c(COc3cc4c(cn3)[C@H]3[C@@H](C4)[C@@H]3C(=O)O)c2)cn1. The van der Waals surface area contributed by atoms with Gasteiger partial charge in [0.1, 0.15) is 22.3 Å². The summed E-state index contributed by atoms with van der Waals surface area (Å²) in [6, 6.07) is 5.90. The molecule has 2 aliphatic rings. The number of hydrogen-bond donors (Lipinski definition) is 1. The van der Waals surface area contributed by atoms with Gasteiger partial charge in [0, 0.05) is 47.8 Å². The minimum absolute atomic E-state index is 0.00260. The maximum absolute atomic E-state index is 14.6. The standard InChI is InChI=1S/C27H24F4N2O6S/c1-40(36,37)6-2-5-38-23-10-20(27(29,30)31)18(11-32-23)14-3-4-21(28)16(7-14)13-39-22-9-15-8-17-24(19(15)12-33-22)25(17)26(34)35/h3-4,7,9-12,17,24-25H,2,5-6,8,13H2,1H3,(H,34,35)/t17-,24-,25+/m1/s1. The summed E-state index contributed by atoms with van der Waals surface area (Å²) in [4.78, 5) is 19.4. The number of ether oxygens (including phenoxy) is 2. The van der Waals surface area contributed by atoms with E-state index in [1.807, 2.05) is 0 Å². The highest BCUT2D eigenvalue weighted by atomic mass is 32.2. The second-order valence-corrected chi connectivity index (χ2v) is 12.2. The molecule has 0 spiro atoms. The first-order chi connectivity index (χ1) is 18.8. The lowest BCUT2D eigenvalue weighted by atomic mass is 9.99. The average Bonchev–Trinajstić information content (AvgIpc) is 3.47. The Bertz CT molecular complexity index is 1580. The zero-order chi connectivity index (χ0) is 28.8. The Morgan fingerprint density at radius 1 is 1.10 bits per heavy atom. The van der Waals surface area contributed by atoms with E-state index in [9.17, 15) is 35.9 Å². The van der Waals surface area contributed by atoms with Gasteiger partial charge >= 0.3 is 12.1 Å². The van der Waals surface area contributed by atoms with Gasteiger partial charge in [-0.2, -0.15) is 13.2 Å². The van der Waals surface area contributed by atoms with Gasteiger partial charge in [0.2, 0.25) is 11.8 Å². The van der Waals surface area contributed by atoms with E-state index in [1.165, 1.54) is 12.1 Å². The molecule has 0 radical (unpaired) electrons. The number of benzene rings is 1. The van der Waals surface area contributed by atoms with Crippen LogP contribution in [0.25, 0.3) is 11.1 Å². The third-order valence-corrected chi connectivity index (χ3v) is 8.12. The van der Waals surface area contributed by atoms with Crippen molar-refractivity contribution in [2.75, 3.05) is 18.6 Å². The summed E-state index contributed by atoms with van der Waals surface area (Å²) in [5, 5.41) is 9.25. The Morgan fingerprint density at radius 2 is 1.82 bits per heavy atom. The fourth-order valence-corrected chi connectivity index (χ4v) is 5.81. The molecule has 3 aromatic rings. The molecule has 1 N–H and O–H groups in total. The largest absolute Gasteiger partial charge is 0.481 e. The lowest BCUT2D eigenvalue weighted by molar-refractivity contribution is -0.139. The molecule has 1 aromatic carbocycles. The second-order valence-electron chi connectivity index (χ2n) is 9.97. The Kier molecular flexibility index (Phi) is 7.19. The first-order valence-electron chi connectivity index (χ1n) is 12.3. The molecule has 40 heavy (non-hydrogen) atoms. The highest BCUT2D eigenvalue weighted by Crippen LogP contribution is 2.61. The van der Waals surface area contributed by atoms with E-state index in [4.69, 9.17) is 9.47 Å². The van der Waals surface area contributed by atoms with Crippen molar-refractivity contribution >= 4 is 15.8 Å². The number of carbonyl (C=O) groups is 1. The van der Waals surface area contributed by atoms with Crippen LogP contribution in [0.3, 0.4) is 0 Å². The number of hydrogen-bond acceptors (Lipinski definition) is 7. The number of carboxylic acids is 1. The van der Waals surface area contributed by atoms with Gasteiger partial charge in [0.15, 0.2) is 0 Å². The molecule has 0 saturated heterocycles. The van der Waals surface area contributed by atoms with Gasteiger partial charge in [-0.3, -0.25) is 4.79 Å². The van der Waals surface area contributed by atoms with Crippen LogP contribution in [0.1, 0.15) is 34.6 Å². The fourth-order valence-electron chi connectivity index (χ4n) is 5.17. The van der Waals surface area contributed by atoms with Crippen molar-refractivity contribution in [3.8, 4) is 22.9 Å². The summed E-state index contributed by atoms with van der Waals surface area (Å²) in [5.41, 5.74) is 0.518. The van der Waals surface area contributed by atoms with E-state index in [0.717, 1.165) is 35.7 Å². The van der Waals surface area contributed by atoms with E-state index in [1.54, 1.807) is 12.3 Å². The number of pyridine rings is 2. The zero-order valence-electron chi connectivity index (χ0n) is 21.1. The first-order valence-corrected chi connectivity index (χ1v) is 14.4. The van der Waals surface area contributed by atoms with Crippen LogP contribution in [0.4, 0.5) is 17.6 Å². The zero-order valence-corrected chi connectivity index (χ0v) is 21.9. The van der Waals surface area contributed by atoms with Crippen LogP contribution in [0.15, 0.2) is 42.7 Å². The van der Waals surface area contributed by atoms with Crippen molar-refractivity contribution in [1.82, 2.24) is 9.97 Å². The van der Waals surface area contributed by atoms with Crippen LogP contribution in [0.5, 0.6) is 11.8 Å². The summed E-state index contributed by atoms with van der Waals surface area (Å²) in [6.07, 6.45) is -0.505. The van der Waals surface area contributed by atoms with Gasteiger partial charge in [-0.1, -0.05) is 6.07 Å². The van der Waals surface area contributed by atoms with E-state index in [2.05, 4.69) is 9.97 Å². The molecule has 0 bridgehead atoms. The highest BCUT2D eigenvalue weighted by Gasteiger charge is 2.59. The maximum atomic E-state index is 14.6. The molecule has 212 valence electrons. The van der Waals surface area contributed by atoms with E-state index >= 15 is 0 Å². The highest BCUT2D eigenvalue weighted by molar-refractivity contribution is 7.90. The van der Waals surface area contributed by atoms with Crippen LogP contribution in [-0.2, 0) is 33.8 Å². The van der Waals surface area contributed by atoms with E-state index in [0.29, 0.717) is 6.42 Å². The summed E-state index contributed by atoms with van der Waals surface area (Å²) >= 11 is 0. The van der Waals surface area contributed by atoms with Crippen LogP contribution >= 0.6 is 0 Å². The Balaban J connectivity index is 1.31. The van der Waals surface area contributed by atoms with Crippen molar-refractivity contribution in [3.05, 3.63) is 70.8 Å². The third kappa shape index (κ3) is 5.88. The minimum atomic E-state index is -4.77. The van der Waals surface area contributed by atoms with Crippen molar-refractivity contribution in [2.24, 2.45) is 11.8 Å². The normalized spacial score (nSPS) is 19.6. The number of fused-ring (bicyclic) bond motifs is 3. The van der Waals surface area contributed by atoms with E-state index < -0.39 is 39.3 Å². The molecular weight excluding hydrogens is 556 g/mol. The van der Waals surface area contributed by atoms with Gasteiger partial charge in [0.05, 0.1) is 23.8 Å². The molecule has 8 nitrogen and oxygen atoms in total. The molecule has 2 heterocycles. The molecule has 0 aliphatic heterocycles.